The van der Waals surface area contributed by atoms with Gasteiger partial charge in [0, 0.05) is 34.8 Å². The van der Waals surface area contributed by atoms with Crippen LogP contribution in [0.1, 0.15) is 70.2 Å². The molecule has 2 aliphatic rings. The third-order valence-corrected chi connectivity index (χ3v) is 6.85. The molecule has 1 aliphatic heterocycles. The zero-order valence-corrected chi connectivity index (χ0v) is 18.4. The number of fused-ring (bicyclic) bond motifs is 1. The van der Waals surface area contributed by atoms with Gasteiger partial charge in [0.05, 0.1) is 18.0 Å². The third kappa shape index (κ3) is 3.97. The predicted molar refractivity (Wildman–Crippen MR) is 118 cm³/mol. The molecule has 8 heteroatoms. The van der Waals surface area contributed by atoms with E-state index in [1.807, 2.05) is 38.1 Å². The summed E-state index contributed by atoms with van der Waals surface area (Å²) >= 11 is 1.46. The van der Waals surface area contributed by atoms with Gasteiger partial charge in [0.1, 0.15) is 11.9 Å². The van der Waals surface area contributed by atoms with E-state index in [0.717, 1.165) is 34.3 Å². The smallest absolute Gasteiger partial charge is 0.276 e. The van der Waals surface area contributed by atoms with Crippen LogP contribution in [0.4, 0.5) is 0 Å². The molecule has 0 bridgehead atoms. The number of carbonyl (C=O) groups excluding carboxylic acids is 2. The lowest BCUT2D eigenvalue weighted by atomic mass is 10.0. The molecule has 162 valence electrons. The van der Waals surface area contributed by atoms with Gasteiger partial charge in [0.2, 0.25) is 0 Å². The van der Waals surface area contributed by atoms with E-state index in [0.29, 0.717) is 36.2 Å². The first kappa shape index (κ1) is 20.2. The molecular weight excluding hydrogens is 414 g/mol. The number of benzene rings is 1. The SMILES string of the molecule is CC(C)NC(=O)c1sc2ccccc2c1[C@@H]1CN(C(=O)c2cc(C3CC3)on2)CCO1. The van der Waals surface area contributed by atoms with Crippen molar-refractivity contribution >= 4 is 33.2 Å². The minimum atomic E-state index is -0.378. The van der Waals surface area contributed by atoms with Crippen molar-refractivity contribution in [2.45, 2.75) is 44.8 Å². The van der Waals surface area contributed by atoms with Crippen molar-refractivity contribution in [3.05, 3.63) is 52.2 Å². The summed E-state index contributed by atoms with van der Waals surface area (Å²) in [5.41, 5.74) is 1.20. The van der Waals surface area contributed by atoms with Crippen molar-refractivity contribution < 1.29 is 18.8 Å². The summed E-state index contributed by atoms with van der Waals surface area (Å²) in [5.74, 6) is 0.941. The first-order valence-electron chi connectivity index (χ1n) is 10.7. The number of hydrogen-bond donors (Lipinski definition) is 1. The molecule has 1 atom stereocenters. The molecular formula is C23H25N3O4S. The van der Waals surface area contributed by atoms with E-state index in [-0.39, 0.29) is 24.0 Å². The molecule has 1 N–H and O–H groups in total. The fourth-order valence-corrected chi connectivity index (χ4v) is 5.16. The zero-order chi connectivity index (χ0) is 21.5. The van der Waals surface area contributed by atoms with Crippen molar-refractivity contribution in [2.24, 2.45) is 0 Å². The van der Waals surface area contributed by atoms with E-state index in [1.165, 1.54) is 11.3 Å². The van der Waals surface area contributed by atoms with Crippen LogP contribution in [0.25, 0.3) is 10.1 Å². The van der Waals surface area contributed by atoms with Gasteiger partial charge in [-0.2, -0.15) is 0 Å². The third-order valence-electron chi connectivity index (χ3n) is 5.66. The van der Waals surface area contributed by atoms with Crippen LogP contribution in [0.2, 0.25) is 0 Å². The minimum absolute atomic E-state index is 0.0312. The maximum atomic E-state index is 13.1. The number of thiophene rings is 1. The highest BCUT2D eigenvalue weighted by Crippen LogP contribution is 2.41. The standard InChI is InChI=1S/C23H25N3O4S/c1-13(2)24-22(27)21-20(15-5-3-4-6-19(15)31-21)18-12-26(9-10-29-18)23(28)16-11-17(30-25-16)14-7-8-14/h3-6,11,13-14,18H,7-10,12H2,1-2H3,(H,24,27)/t18-/m0/s1. The Morgan fingerprint density at radius 2 is 2.06 bits per heavy atom. The molecule has 5 rings (SSSR count). The van der Waals surface area contributed by atoms with Crippen molar-refractivity contribution in [3.63, 3.8) is 0 Å². The van der Waals surface area contributed by atoms with Crippen LogP contribution in [0.3, 0.4) is 0 Å². The number of nitrogens with zero attached hydrogens (tertiary/aromatic N) is 2. The fraction of sp³-hybridized carbons (Fsp3) is 0.435. The Morgan fingerprint density at radius 3 is 2.84 bits per heavy atom. The van der Waals surface area contributed by atoms with E-state index in [9.17, 15) is 9.59 Å². The van der Waals surface area contributed by atoms with Crippen LogP contribution in [-0.2, 0) is 4.74 Å². The van der Waals surface area contributed by atoms with E-state index >= 15 is 0 Å². The second-order valence-corrected chi connectivity index (χ2v) is 9.52. The maximum absolute atomic E-state index is 13.1. The first-order chi connectivity index (χ1) is 15.0. The summed E-state index contributed by atoms with van der Waals surface area (Å²) in [5, 5.41) is 7.99. The average Bonchev–Trinajstić information content (AvgIpc) is 3.36. The molecule has 31 heavy (non-hydrogen) atoms. The summed E-state index contributed by atoms with van der Waals surface area (Å²) in [6, 6.07) is 9.75. The Morgan fingerprint density at radius 1 is 1.26 bits per heavy atom. The molecule has 1 aromatic carbocycles. The van der Waals surface area contributed by atoms with Gasteiger partial charge in [0.15, 0.2) is 5.69 Å². The molecule has 0 unspecified atom stereocenters. The quantitative estimate of drug-likeness (QED) is 0.646. The number of aromatic nitrogens is 1. The molecule has 2 amide bonds. The minimum Gasteiger partial charge on any atom is -0.370 e. The highest BCUT2D eigenvalue weighted by atomic mass is 32.1. The highest BCUT2D eigenvalue weighted by Gasteiger charge is 2.34. The summed E-state index contributed by atoms with van der Waals surface area (Å²) in [7, 11) is 0. The number of ether oxygens (including phenoxy) is 1. The summed E-state index contributed by atoms with van der Waals surface area (Å²) in [6.07, 6.45) is 1.81. The molecule has 3 aromatic rings. The molecule has 1 saturated carbocycles. The Labute approximate surface area is 184 Å². The predicted octanol–water partition coefficient (Wildman–Crippen LogP) is 4.12. The summed E-state index contributed by atoms with van der Waals surface area (Å²) in [6.45, 7) is 5.13. The van der Waals surface area contributed by atoms with E-state index in [2.05, 4.69) is 10.5 Å². The molecule has 2 aromatic heterocycles. The van der Waals surface area contributed by atoms with Crippen LogP contribution >= 0.6 is 11.3 Å². The molecule has 3 heterocycles. The number of amides is 2. The van der Waals surface area contributed by atoms with Crippen LogP contribution in [0.5, 0.6) is 0 Å². The lowest BCUT2D eigenvalue weighted by Gasteiger charge is -2.33. The topological polar surface area (TPSA) is 84.7 Å². The summed E-state index contributed by atoms with van der Waals surface area (Å²) < 4.78 is 12.5. The van der Waals surface area contributed by atoms with Crippen molar-refractivity contribution in [1.29, 1.82) is 0 Å². The van der Waals surface area contributed by atoms with Crippen LogP contribution in [0.15, 0.2) is 34.9 Å². The van der Waals surface area contributed by atoms with Gasteiger partial charge in [0.25, 0.3) is 11.8 Å². The first-order valence-corrected chi connectivity index (χ1v) is 11.5. The Kier molecular flexibility index (Phi) is 5.27. The van der Waals surface area contributed by atoms with Crippen molar-refractivity contribution in [3.8, 4) is 0 Å². The van der Waals surface area contributed by atoms with Gasteiger partial charge in [-0.25, -0.2) is 0 Å². The highest BCUT2D eigenvalue weighted by molar-refractivity contribution is 7.21. The number of rotatable bonds is 5. The van der Waals surface area contributed by atoms with E-state index < -0.39 is 0 Å². The maximum Gasteiger partial charge on any atom is 0.276 e. The Balaban J connectivity index is 1.44. The monoisotopic (exact) mass is 439 g/mol. The molecule has 0 radical (unpaired) electrons. The molecule has 7 nitrogen and oxygen atoms in total. The fourth-order valence-electron chi connectivity index (χ4n) is 4.00. The van der Waals surface area contributed by atoms with E-state index in [1.54, 1.807) is 11.0 Å². The molecule has 1 aliphatic carbocycles. The zero-order valence-electron chi connectivity index (χ0n) is 17.6. The lowest BCUT2D eigenvalue weighted by Crippen LogP contribution is -2.42. The van der Waals surface area contributed by atoms with Crippen LogP contribution < -0.4 is 5.32 Å². The molecule has 0 spiro atoms. The Bertz CT molecular complexity index is 1130. The number of nitrogens with one attached hydrogen (secondary N) is 1. The summed E-state index contributed by atoms with van der Waals surface area (Å²) in [4.78, 5) is 28.4. The Hall–Kier alpha value is -2.71. The molecule has 2 fully saturated rings. The van der Waals surface area contributed by atoms with Gasteiger partial charge in [-0.1, -0.05) is 23.4 Å². The van der Waals surface area contributed by atoms with Gasteiger partial charge < -0.3 is 19.5 Å². The average molecular weight is 440 g/mol. The molecule has 1 saturated heterocycles. The second kappa shape index (κ2) is 8.09. The van der Waals surface area contributed by atoms with Crippen molar-refractivity contribution in [1.82, 2.24) is 15.4 Å². The van der Waals surface area contributed by atoms with Crippen LogP contribution in [-0.4, -0.2) is 47.6 Å². The second-order valence-electron chi connectivity index (χ2n) is 8.47. The van der Waals surface area contributed by atoms with Gasteiger partial charge in [-0.15, -0.1) is 11.3 Å². The lowest BCUT2D eigenvalue weighted by molar-refractivity contribution is -0.0225. The van der Waals surface area contributed by atoms with Gasteiger partial charge in [-0.3, -0.25) is 9.59 Å². The van der Waals surface area contributed by atoms with Crippen molar-refractivity contribution in [2.75, 3.05) is 19.7 Å². The number of carbonyl (C=O) groups is 2. The van der Waals surface area contributed by atoms with Gasteiger partial charge in [-0.05, 0) is 38.1 Å². The van der Waals surface area contributed by atoms with Crippen LogP contribution in [0, 0.1) is 0 Å². The number of morpholine rings is 1. The van der Waals surface area contributed by atoms with E-state index in [4.69, 9.17) is 9.26 Å². The normalized spacial score (nSPS) is 19.2. The van der Waals surface area contributed by atoms with Gasteiger partial charge >= 0.3 is 0 Å². The largest absolute Gasteiger partial charge is 0.370 e. The number of hydrogen-bond acceptors (Lipinski definition) is 6.